The maximum atomic E-state index is 11.8. The molecular weight excluding hydrogens is 472 g/mol. The molecule has 0 aliphatic heterocycles. The van der Waals surface area contributed by atoms with Crippen LogP contribution in [0.4, 0.5) is 0 Å². The van der Waals surface area contributed by atoms with E-state index in [-0.39, 0.29) is 24.7 Å². The van der Waals surface area contributed by atoms with Crippen molar-refractivity contribution in [3.05, 3.63) is 47.0 Å². The Kier molecular flexibility index (Phi) is 13.4. The van der Waals surface area contributed by atoms with Crippen LogP contribution in [0.5, 0.6) is 0 Å². The van der Waals surface area contributed by atoms with E-state index < -0.39 is 12.6 Å². The second-order valence-electron chi connectivity index (χ2n) is 12.2. The Bertz CT molecular complexity index is 846. The Morgan fingerprint density at radius 2 is 1.55 bits per heavy atom. The summed E-state index contributed by atoms with van der Waals surface area (Å²) in [6.45, 7) is 7.57. The van der Waals surface area contributed by atoms with Gasteiger partial charge in [0.05, 0.1) is 18.8 Å². The van der Waals surface area contributed by atoms with E-state index in [4.69, 9.17) is 9.84 Å². The molecule has 214 valence electrons. The number of hydrogen-bond donors (Lipinski definition) is 2. The first-order valence-electron chi connectivity index (χ1n) is 15.7. The highest BCUT2D eigenvalue weighted by molar-refractivity contribution is 5.87. The maximum Gasteiger partial charge on any atom is 0.335 e. The van der Waals surface area contributed by atoms with Crippen LogP contribution in [0.15, 0.2) is 30.4 Å². The molecule has 4 heteroatoms. The van der Waals surface area contributed by atoms with Gasteiger partial charge in [0.2, 0.25) is 0 Å². The quantitative estimate of drug-likeness (QED) is 0.141. The molecule has 3 rings (SSSR count). The Morgan fingerprint density at radius 1 is 0.921 bits per heavy atom. The third-order valence-corrected chi connectivity index (χ3v) is 9.69. The standard InChI is InChI=1S/C34H54O4/c1-4-6-7-8-26-9-15-30(16-10-26)31-17-12-27(13-18-31)11-14-29-19-20-32(21-28(29)5-2)33(23-36)24-38-34(37)25(3)22-35/h19-21,26-27,30-31,33,35-36H,3-18,22-24H2,1-2H3. The normalized spacial score (nSPS) is 24.6. The number of rotatable bonds is 15. The number of benzene rings is 1. The lowest BCUT2D eigenvalue weighted by Gasteiger charge is -2.38. The average molecular weight is 527 g/mol. The number of aliphatic hydroxyl groups excluding tert-OH is 2. The topological polar surface area (TPSA) is 66.8 Å². The molecule has 2 aliphatic carbocycles. The highest BCUT2D eigenvalue weighted by atomic mass is 16.5. The van der Waals surface area contributed by atoms with Gasteiger partial charge in [0.15, 0.2) is 0 Å². The molecule has 2 N–H and O–H groups in total. The molecule has 0 saturated heterocycles. The van der Waals surface area contributed by atoms with Crippen molar-refractivity contribution in [2.45, 2.75) is 116 Å². The molecule has 0 radical (unpaired) electrons. The minimum absolute atomic E-state index is 0.0329. The van der Waals surface area contributed by atoms with Gasteiger partial charge in [0.1, 0.15) is 6.61 Å². The van der Waals surface area contributed by atoms with Crippen LogP contribution in [0.1, 0.15) is 120 Å². The van der Waals surface area contributed by atoms with Crippen LogP contribution in [0.3, 0.4) is 0 Å². The maximum absolute atomic E-state index is 11.8. The molecule has 2 aliphatic rings. The summed E-state index contributed by atoms with van der Waals surface area (Å²) in [5.41, 5.74) is 3.78. The molecule has 0 spiro atoms. The van der Waals surface area contributed by atoms with Crippen LogP contribution in [0, 0.1) is 23.7 Å². The fourth-order valence-corrected chi connectivity index (χ4v) is 7.01. The Labute approximate surface area is 232 Å². The first-order valence-corrected chi connectivity index (χ1v) is 15.7. The molecule has 2 saturated carbocycles. The lowest BCUT2D eigenvalue weighted by Crippen LogP contribution is -2.26. The summed E-state index contributed by atoms with van der Waals surface area (Å²) in [5.74, 6) is 2.97. The summed E-state index contributed by atoms with van der Waals surface area (Å²) >= 11 is 0. The number of esters is 1. The molecule has 1 unspecified atom stereocenters. The number of aliphatic hydroxyl groups is 2. The monoisotopic (exact) mass is 526 g/mol. The van der Waals surface area contributed by atoms with Gasteiger partial charge >= 0.3 is 5.97 Å². The predicted molar refractivity (Wildman–Crippen MR) is 156 cm³/mol. The first-order chi connectivity index (χ1) is 18.5. The zero-order valence-electron chi connectivity index (χ0n) is 24.3. The van der Waals surface area contributed by atoms with Crippen molar-refractivity contribution >= 4 is 5.97 Å². The van der Waals surface area contributed by atoms with Crippen molar-refractivity contribution in [3.8, 4) is 0 Å². The third kappa shape index (κ3) is 9.23. The van der Waals surface area contributed by atoms with Crippen LogP contribution in [-0.2, 0) is 22.4 Å². The fourth-order valence-electron chi connectivity index (χ4n) is 7.01. The number of hydrogen-bond acceptors (Lipinski definition) is 4. The Balaban J connectivity index is 1.43. The van der Waals surface area contributed by atoms with E-state index in [1.165, 1.54) is 94.6 Å². The van der Waals surface area contributed by atoms with Gasteiger partial charge in [-0.15, -0.1) is 0 Å². The van der Waals surface area contributed by atoms with Gasteiger partial charge in [-0.3, -0.25) is 0 Å². The van der Waals surface area contributed by atoms with Gasteiger partial charge in [-0.1, -0.05) is 90.0 Å². The third-order valence-electron chi connectivity index (χ3n) is 9.69. The summed E-state index contributed by atoms with van der Waals surface area (Å²) in [6.07, 6.45) is 20.7. The minimum atomic E-state index is -0.608. The second-order valence-corrected chi connectivity index (χ2v) is 12.2. The molecule has 38 heavy (non-hydrogen) atoms. The van der Waals surface area contributed by atoms with Crippen LogP contribution < -0.4 is 0 Å². The lowest BCUT2D eigenvalue weighted by atomic mass is 9.68. The van der Waals surface area contributed by atoms with Crippen LogP contribution in [0.2, 0.25) is 0 Å². The molecule has 1 aromatic carbocycles. The van der Waals surface area contributed by atoms with Crippen molar-refractivity contribution < 1.29 is 19.7 Å². The summed E-state index contributed by atoms with van der Waals surface area (Å²) in [7, 11) is 0. The van der Waals surface area contributed by atoms with Gasteiger partial charge in [-0.05, 0) is 85.3 Å². The number of unbranched alkanes of at least 4 members (excludes halogenated alkanes) is 2. The summed E-state index contributed by atoms with van der Waals surface area (Å²) in [6, 6.07) is 6.48. The second kappa shape index (κ2) is 16.5. The summed E-state index contributed by atoms with van der Waals surface area (Å²) in [5, 5.41) is 19.0. The zero-order chi connectivity index (χ0) is 27.3. The summed E-state index contributed by atoms with van der Waals surface area (Å²) in [4.78, 5) is 11.8. The van der Waals surface area contributed by atoms with E-state index in [1.807, 2.05) is 0 Å². The van der Waals surface area contributed by atoms with Crippen molar-refractivity contribution in [1.82, 2.24) is 0 Å². The molecule has 4 nitrogen and oxygen atoms in total. The number of aryl methyl sites for hydroxylation is 2. The van der Waals surface area contributed by atoms with E-state index >= 15 is 0 Å². The van der Waals surface area contributed by atoms with Gasteiger partial charge in [0.25, 0.3) is 0 Å². The fraction of sp³-hybridized carbons (Fsp3) is 0.735. The summed E-state index contributed by atoms with van der Waals surface area (Å²) < 4.78 is 5.25. The predicted octanol–water partition coefficient (Wildman–Crippen LogP) is 7.54. The number of carbonyl (C=O) groups is 1. The van der Waals surface area contributed by atoms with E-state index in [0.717, 1.165) is 42.1 Å². The van der Waals surface area contributed by atoms with E-state index in [0.29, 0.717) is 0 Å². The lowest BCUT2D eigenvalue weighted by molar-refractivity contribution is -0.140. The largest absolute Gasteiger partial charge is 0.462 e. The zero-order valence-corrected chi connectivity index (χ0v) is 24.3. The van der Waals surface area contributed by atoms with Gasteiger partial charge in [-0.25, -0.2) is 4.79 Å². The molecule has 1 atom stereocenters. The van der Waals surface area contributed by atoms with Crippen LogP contribution in [0.25, 0.3) is 0 Å². The molecule has 0 heterocycles. The SMILES string of the molecule is C=C(CO)C(=O)OCC(CO)c1ccc(CCC2CCC(C3CCC(CCCCC)CC3)CC2)c(CC)c1. The van der Waals surface area contributed by atoms with E-state index in [2.05, 4.69) is 38.6 Å². The minimum Gasteiger partial charge on any atom is -0.462 e. The van der Waals surface area contributed by atoms with Crippen molar-refractivity contribution in [2.24, 2.45) is 23.7 Å². The Hall–Kier alpha value is -1.65. The van der Waals surface area contributed by atoms with Crippen LogP contribution >= 0.6 is 0 Å². The van der Waals surface area contributed by atoms with Gasteiger partial charge < -0.3 is 14.9 Å². The molecule has 0 bridgehead atoms. The highest BCUT2D eigenvalue weighted by Crippen LogP contribution is 2.43. The van der Waals surface area contributed by atoms with E-state index in [9.17, 15) is 9.90 Å². The van der Waals surface area contributed by atoms with E-state index in [1.54, 1.807) is 0 Å². The van der Waals surface area contributed by atoms with Crippen molar-refractivity contribution in [2.75, 3.05) is 19.8 Å². The Morgan fingerprint density at radius 3 is 2.11 bits per heavy atom. The first kappa shape index (κ1) is 30.9. The number of ether oxygens (including phenoxy) is 1. The molecule has 0 aromatic heterocycles. The van der Waals surface area contributed by atoms with Gasteiger partial charge in [-0.2, -0.15) is 0 Å². The molecule has 0 amide bonds. The van der Waals surface area contributed by atoms with Gasteiger partial charge in [0, 0.05) is 5.92 Å². The molecule has 2 fully saturated rings. The van der Waals surface area contributed by atoms with Crippen molar-refractivity contribution in [1.29, 1.82) is 0 Å². The van der Waals surface area contributed by atoms with Crippen LogP contribution in [-0.4, -0.2) is 36.0 Å². The molecular formula is C34H54O4. The smallest absolute Gasteiger partial charge is 0.335 e. The number of carbonyl (C=O) groups excluding carboxylic acids is 1. The molecule has 1 aromatic rings. The highest BCUT2D eigenvalue weighted by Gasteiger charge is 2.30. The van der Waals surface area contributed by atoms with Crippen molar-refractivity contribution in [3.63, 3.8) is 0 Å². The average Bonchev–Trinajstić information content (AvgIpc) is 2.96.